The van der Waals surface area contributed by atoms with E-state index in [1.807, 2.05) is 0 Å². The average Bonchev–Trinajstić information content (AvgIpc) is 3.49. The van der Waals surface area contributed by atoms with Gasteiger partial charge in [-0.15, -0.1) is 0 Å². The van der Waals surface area contributed by atoms with E-state index in [2.05, 4.69) is 20.2 Å². The van der Waals surface area contributed by atoms with Crippen molar-refractivity contribution in [3.63, 3.8) is 0 Å². The maximum Gasteiger partial charge on any atom is 0.346 e. The lowest BCUT2D eigenvalue weighted by Gasteiger charge is -2.34. The molecular formula is C22H19F2N7O2. The molecule has 0 saturated heterocycles. The number of aromatic nitrogens is 7. The minimum absolute atomic E-state index is 0.0991. The van der Waals surface area contributed by atoms with E-state index in [1.54, 1.807) is 33.8 Å². The van der Waals surface area contributed by atoms with Gasteiger partial charge in [0.15, 0.2) is 5.82 Å². The molecule has 4 aromatic rings. The summed E-state index contributed by atoms with van der Waals surface area (Å²) in [6, 6.07) is 6.38. The average molecular weight is 451 g/mol. The second-order valence-corrected chi connectivity index (χ2v) is 8.30. The molecule has 9 nitrogen and oxygen atoms in total. The van der Waals surface area contributed by atoms with Crippen molar-refractivity contribution in [3.05, 3.63) is 82.6 Å². The Kier molecular flexibility index (Phi) is 4.56. The van der Waals surface area contributed by atoms with Crippen LogP contribution in [-0.4, -0.2) is 40.2 Å². The summed E-state index contributed by atoms with van der Waals surface area (Å²) >= 11 is 0. The molecule has 0 spiro atoms. The molecule has 1 aliphatic heterocycles. The monoisotopic (exact) mass is 451 g/mol. The van der Waals surface area contributed by atoms with E-state index in [4.69, 9.17) is 4.74 Å². The Balaban J connectivity index is 1.17. The molecule has 33 heavy (non-hydrogen) atoms. The van der Waals surface area contributed by atoms with Gasteiger partial charge in [0.1, 0.15) is 29.9 Å². The van der Waals surface area contributed by atoms with Crippen LogP contribution >= 0.6 is 0 Å². The summed E-state index contributed by atoms with van der Waals surface area (Å²) in [4.78, 5) is 21.4. The van der Waals surface area contributed by atoms with E-state index in [0.29, 0.717) is 48.8 Å². The molecule has 1 aliphatic carbocycles. The van der Waals surface area contributed by atoms with Crippen molar-refractivity contribution in [2.45, 2.75) is 43.9 Å². The predicted octanol–water partition coefficient (Wildman–Crippen LogP) is 2.62. The minimum Gasteiger partial charge on any atom is -0.474 e. The molecule has 4 heterocycles. The smallest absolute Gasteiger partial charge is 0.346 e. The van der Waals surface area contributed by atoms with Crippen LogP contribution in [0.1, 0.15) is 42.7 Å². The minimum atomic E-state index is -0.654. The lowest BCUT2D eigenvalue weighted by atomic mass is 9.89. The third-order valence-electron chi connectivity index (χ3n) is 6.20. The summed E-state index contributed by atoms with van der Waals surface area (Å²) in [6.45, 7) is 0. The first-order valence-corrected chi connectivity index (χ1v) is 10.7. The van der Waals surface area contributed by atoms with E-state index in [0.717, 1.165) is 6.07 Å². The molecule has 1 atom stereocenters. The topological polar surface area (TPSA) is 92.7 Å². The van der Waals surface area contributed by atoms with Gasteiger partial charge in [-0.05, 0) is 30.2 Å². The summed E-state index contributed by atoms with van der Waals surface area (Å²) in [7, 11) is 0. The second-order valence-electron chi connectivity index (χ2n) is 8.30. The van der Waals surface area contributed by atoms with Crippen molar-refractivity contribution in [2.24, 2.45) is 0 Å². The SMILES string of the molecule is O=c1n2c(nn1[C@H]1C[C@H](Oc3cc(-n4cccn4)ncn3)C1)CC[C@H]2c1cc(F)cc(F)c1. The molecule has 11 heteroatoms. The van der Waals surface area contributed by atoms with Crippen molar-refractivity contribution in [3.8, 4) is 11.7 Å². The Morgan fingerprint density at radius 2 is 1.88 bits per heavy atom. The van der Waals surface area contributed by atoms with Crippen molar-refractivity contribution >= 4 is 0 Å². The van der Waals surface area contributed by atoms with Crippen LogP contribution in [0, 0.1) is 11.6 Å². The molecule has 0 amide bonds. The largest absolute Gasteiger partial charge is 0.474 e. The van der Waals surface area contributed by atoms with Crippen molar-refractivity contribution in [1.29, 1.82) is 0 Å². The lowest BCUT2D eigenvalue weighted by molar-refractivity contribution is 0.0583. The molecular weight excluding hydrogens is 432 g/mol. The Bertz CT molecular complexity index is 1360. The first-order chi connectivity index (χ1) is 16.0. The number of benzene rings is 1. The van der Waals surface area contributed by atoms with Gasteiger partial charge in [0.25, 0.3) is 0 Å². The first kappa shape index (κ1) is 19.8. The van der Waals surface area contributed by atoms with Gasteiger partial charge in [-0.2, -0.15) is 10.2 Å². The number of halogens is 2. The summed E-state index contributed by atoms with van der Waals surface area (Å²) in [5.74, 6) is 0.365. The summed E-state index contributed by atoms with van der Waals surface area (Å²) in [5, 5.41) is 8.65. The molecule has 1 fully saturated rings. The Hall–Kier alpha value is -3.89. The highest BCUT2D eigenvalue weighted by atomic mass is 19.1. The van der Waals surface area contributed by atoms with Crippen LogP contribution in [0.4, 0.5) is 8.78 Å². The highest BCUT2D eigenvalue weighted by Crippen LogP contribution is 2.36. The number of nitrogens with zero attached hydrogens (tertiary/aromatic N) is 7. The van der Waals surface area contributed by atoms with Gasteiger partial charge in [-0.3, -0.25) is 4.57 Å². The summed E-state index contributed by atoms with van der Waals surface area (Å²) < 4.78 is 38.0. The molecule has 3 aromatic heterocycles. The zero-order valence-electron chi connectivity index (χ0n) is 17.4. The van der Waals surface area contributed by atoms with Gasteiger partial charge in [0, 0.05) is 43.8 Å². The third kappa shape index (κ3) is 3.49. The van der Waals surface area contributed by atoms with Crippen LogP contribution < -0.4 is 10.4 Å². The maximum atomic E-state index is 13.7. The maximum absolute atomic E-state index is 13.7. The summed E-state index contributed by atoms with van der Waals surface area (Å²) in [6.07, 6.45) is 7.14. The zero-order valence-corrected chi connectivity index (χ0v) is 17.4. The van der Waals surface area contributed by atoms with E-state index in [9.17, 15) is 13.6 Å². The normalized spacial score (nSPS) is 21.6. The highest BCUT2D eigenvalue weighted by Gasteiger charge is 2.38. The van der Waals surface area contributed by atoms with Crippen LogP contribution in [0.5, 0.6) is 5.88 Å². The molecule has 0 radical (unpaired) electrons. The van der Waals surface area contributed by atoms with Gasteiger partial charge in [-0.25, -0.2) is 32.9 Å². The number of rotatable bonds is 5. The van der Waals surface area contributed by atoms with E-state index in [-0.39, 0.29) is 17.8 Å². The van der Waals surface area contributed by atoms with Crippen LogP contribution in [0.25, 0.3) is 5.82 Å². The van der Waals surface area contributed by atoms with Crippen LogP contribution in [0.2, 0.25) is 0 Å². The molecule has 1 aromatic carbocycles. The van der Waals surface area contributed by atoms with Crippen molar-refractivity contribution in [1.82, 2.24) is 34.1 Å². The fourth-order valence-corrected chi connectivity index (χ4v) is 4.56. The lowest BCUT2D eigenvalue weighted by Crippen LogP contribution is -2.41. The number of fused-ring (bicyclic) bond motifs is 1. The van der Waals surface area contributed by atoms with E-state index >= 15 is 0 Å². The highest BCUT2D eigenvalue weighted by molar-refractivity contribution is 5.26. The van der Waals surface area contributed by atoms with Crippen molar-refractivity contribution in [2.75, 3.05) is 0 Å². The quantitative estimate of drug-likeness (QED) is 0.463. The molecule has 0 N–H and O–H groups in total. The van der Waals surface area contributed by atoms with E-state index in [1.165, 1.54) is 23.1 Å². The number of hydrogen-bond donors (Lipinski definition) is 0. The second kappa shape index (κ2) is 7.61. The van der Waals surface area contributed by atoms with Gasteiger partial charge in [0.2, 0.25) is 5.88 Å². The van der Waals surface area contributed by atoms with Gasteiger partial charge in [-0.1, -0.05) is 0 Å². The van der Waals surface area contributed by atoms with Crippen LogP contribution in [0.3, 0.4) is 0 Å². The van der Waals surface area contributed by atoms with Gasteiger partial charge in [0.05, 0.1) is 12.1 Å². The molecule has 0 bridgehead atoms. The first-order valence-electron chi connectivity index (χ1n) is 10.7. The molecule has 0 unspecified atom stereocenters. The van der Waals surface area contributed by atoms with Crippen molar-refractivity contribution < 1.29 is 13.5 Å². The summed E-state index contributed by atoms with van der Waals surface area (Å²) in [5.41, 5.74) is 0.183. The molecule has 2 aliphatic rings. The zero-order chi connectivity index (χ0) is 22.5. The molecule has 1 saturated carbocycles. The fraction of sp³-hybridized carbons (Fsp3) is 0.318. The Morgan fingerprint density at radius 3 is 2.64 bits per heavy atom. The third-order valence-corrected chi connectivity index (χ3v) is 6.20. The number of ether oxygens (including phenoxy) is 1. The standard InChI is InChI=1S/C22H19F2N7O2/c23-14-6-13(7-15(24)8-14)18-2-3-19-28-31(22(32)30(18)19)16-9-17(10-16)33-21-11-20(25-12-26-21)29-5-1-4-27-29/h1,4-8,11-12,16-18H,2-3,9-10H2/t16-,17-,18-/m0/s1. The number of aryl methyl sites for hydroxylation is 1. The van der Waals surface area contributed by atoms with Crippen LogP contribution in [0.15, 0.2) is 53.8 Å². The molecule has 6 rings (SSSR count). The fourth-order valence-electron chi connectivity index (χ4n) is 4.56. The van der Waals surface area contributed by atoms with Gasteiger partial charge >= 0.3 is 5.69 Å². The van der Waals surface area contributed by atoms with Gasteiger partial charge < -0.3 is 4.74 Å². The Morgan fingerprint density at radius 1 is 1.06 bits per heavy atom. The molecule has 168 valence electrons. The van der Waals surface area contributed by atoms with E-state index < -0.39 is 17.7 Å². The predicted molar refractivity (Wildman–Crippen MR) is 111 cm³/mol. The number of hydrogen-bond acceptors (Lipinski definition) is 6. The van der Waals surface area contributed by atoms with Crippen LogP contribution in [-0.2, 0) is 6.42 Å². The Labute approximate surface area is 186 Å².